The van der Waals surface area contributed by atoms with Crippen LogP contribution in [-0.2, 0) is 36.6 Å². The van der Waals surface area contributed by atoms with Gasteiger partial charge in [0.25, 0.3) is 0 Å². The van der Waals surface area contributed by atoms with Gasteiger partial charge in [-0.1, -0.05) is 0 Å². The Morgan fingerprint density at radius 2 is 1.14 bits per heavy atom. The summed E-state index contributed by atoms with van der Waals surface area (Å²) in [6.07, 6.45) is 11.9. The van der Waals surface area contributed by atoms with Crippen molar-refractivity contribution >= 4 is 0 Å². The van der Waals surface area contributed by atoms with Gasteiger partial charge in [-0.3, -0.25) is 0 Å². The zero-order chi connectivity index (χ0) is 9.78. The van der Waals surface area contributed by atoms with Gasteiger partial charge in [-0.05, 0) is 0 Å². The molecule has 78 valence electrons. The van der Waals surface area contributed by atoms with Gasteiger partial charge in [-0.2, -0.15) is 0 Å². The molecule has 0 aromatic carbocycles. The van der Waals surface area contributed by atoms with Crippen molar-refractivity contribution in [3.8, 4) is 0 Å². The Morgan fingerprint density at radius 3 is 1.79 bits per heavy atom. The van der Waals surface area contributed by atoms with Gasteiger partial charge in [0.15, 0.2) is 0 Å². The second-order valence-electron chi connectivity index (χ2n) is 4.18. The Bertz CT molecular complexity index is 74.4. The Labute approximate surface area is 111 Å². The second-order valence-corrected chi connectivity index (χ2v) is 8.63. The van der Waals surface area contributed by atoms with Gasteiger partial charge in [-0.25, -0.2) is 0 Å². The molecule has 0 saturated heterocycles. The average molecular weight is 301 g/mol. The summed E-state index contributed by atoms with van der Waals surface area (Å²) in [5, 5.41) is 3.32. The molecule has 0 unspecified atom stereocenters. The van der Waals surface area contributed by atoms with Crippen LogP contribution in [0.5, 0.6) is 0 Å². The monoisotopic (exact) mass is 298 g/mol. The van der Waals surface area contributed by atoms with E-state index in [0.29, 0.717) is 0 Å². The van der Waals surface area contributed by atoms with Crippen LogP contribution in [0.2, 0.25) is 10.0 Å². The first-order valence-electron chi connectivity index (χ1n) is 6.41. The van der Waals surface area contributed by atoms with E-state index in [0.717, 1.165) is 0 Å². The molecule has 0 atom stereocenters. The smallest absolute Gasteiger partial charge is 0 e. The minimum absolute atomic E-state index is 0. The fraction of sp³-hybridized carbons (Fsp3) is 1.00. The van der Waals surface area contributed by atoms with Crippen LogP contribution in [0.15, 0.2) is 0 Å². The van der Waals surface area contributed by atoms with E-state index in [9.17, 15) is 0 Å². The van der Waals surface area contributed by atoms with Crippen LogP contribution in [0.25, 0.3) is 0 Å². The third-order valence-electron chi connectivity index (χ3n) is 2.71. The first-order chi connectivity index (χ1) is 6.41. The van der Waals surface area contributed by atoms with Crippen LogP contribution in [0.4, 0.5) is 0 Å². The van der Waals surface area contributed by atoms with E-state index in [2.05, 4.69) is 13.8 Å². The standard InChI is InChI=1S/C8H17.C4H9.2Zn/c1-3-5-7-8-6-4-2;1-3-4-2;;/h1,3-8H2,2H3;1,3-4H2,2H3;;. The molecular weight excluding hydrogens is 275 g/mol. The van der Waals surface area contributed by atoms with Crippen LogP contribution in [0, 0.1) is 0 Å². The Hall–Kier alpha value is 1.25. The first kappa shape index (κ1) is 17.6. The molecular formula is C12H26Zn2. The van der Waals surface area contributed by atoms with Gasteiger partial charge in [0.1, 0.15) is 0 Å². The summed E-state index contributed by atoms with van der Waals surface area (Å²) >= 11 is -0.0287. The molecule has 0 rings (SSSR count). The van der Waals surface area contributed by atoms with Crippen LogP contribution >= 0.6 is 0 Å². The van der Waals surface area contributed by atoms with Crippen LogP contribution in [0.3, 0.4) is 0 Å². The zero-order valence-corrected chi connectivity index (χ0v) is 16.4. The molecule has 0 N–H and O–H groups in total. The summed E-state index contributed by atoms with van der Waals surface area (Å²) < 4.78 is 0. The van der Waals surface area contributed by atoms with Crippen LogP contribution in [-0.4, -0.2) is 0 Å². The normalized spacial score (nSPS) is 9.29. The summed E-state index contributed by atoms with van der Waals surface area (Å²) in [7, 11) is 0. The average Bonchev–Trinajstić information content (AvgIpc) is 2.16. The van der Waals surface area contributed by atoms with Crippen molar-refractivity contribution in [2.45, 2.75) is 75.2 Å². The molecule has 0 fully saturated rings. The predicted octanol–water partition coefficient (Wildman–Crippen LogP) is 5.06. The Balaban J connectivity index is 0. The van der Waals surface area contributed by atoms with E-state index in [1.807, 2.05) is 0 Å². The summed E-state index contributed by atoms with van der Waals surface area (Å²) in [5.74, 6) is 0. The number of hydrogen-bond acceptors (Lipinski definition) is 0. The van der Waals surface area contributed by atoms with Crippen LogP contribution < -0.4 is 0 Å². The molecule has 0 aliphatic rings. The van der Waals surface area contributed by atoms with Crippen molar-refractivity contribution in [3.05, 3.63) is 0 Å². The minimum atomic E-state index is -0.0287. The zero-order valence-electron chi connectivity index (χ0n) is 10.5. The van der Waals surface area contributed by atoms with Gasteiger partial charge in [0.05, 0.1) is 0 Å². The quantitative estimate of drug-likeness (QED) is 0.390. The molecule has 2 heteroatoms. The molecule has 0 saturated carbocycles. The maximum absolute atomic E-state index is 2.31. The van der Waals surface area contributed by atoms with Gasteiger partial charge < -0.3 is 0 Å². The van der Waals surface area contributed by atoms with Crippen molar-refractivity contribution < 1.29 is 36.6 Å². The SMILES string of the molecule is CCCCCCC[CH2][Zn][CH2]CCC.[Zn]. The summed E-state index contributed by atoms with van der Waals surface area (Å²) in [6, 6.07) is 0. The summed E-state index contributed by atoms with van der Waals surface area (Å²) in [6.45, 7) is 4.60. The maximum atomic E-state index is 2.31. The van der Waals surface area contributed by atoms with Gasteiger partial charge in [0.2, 0.25) is 0 Å². The molecule has 0 nitrogen and oxygen atoms in total. The number of rotatable bonds is 10. The minimum Gasteiger partial charge on any atom is 0 e. The molecule has 0 aliphatic heterocycles. The Kier molecular flexibility index (Phi) is 21.0. The maximum Gasteiger partial charge on any atom is 0 e. The molecule has 14 heavy (non-hydrogen) atoms. The third kappa shape index (κ3) is 15.7. The van der Waals surface area contributed by atoms with E-state index in [-0.39, 0.29) is 36.6 Å². The van der Waals surface area contributed by atoms with E-state index < -0.39 is 0 Å². The molecule has 0 radical (unpaired) electrons. The summed E-state index contributed by atoms with van der Waals surface area (Å²) in [5.41, 5.74) is 0. The molecule has 0 aliphatic carbocycles. The van der Waals surface area contributed by atoms with E-state index >= 15 is 0 Å². The number of unbranched alkanes of at least 4 members (excludes halogenated alkanes) is 6. The van der Waals surface area contributed by atoms with Crippen molar-refractivity contribution in [2.75, 3.05) is 0 Å². The van der Waals surface area contributed by atoms with Gasteiger partial charge in [0, 0.05) is 19.5 Å². The molecule has 0 aromatic heterocycles. The van der Waals surface area contributed by atoms with E-state index in [1.165, 1.54) is 44.9 Å². The third-order valence-corrected chi connectivity index (χ3v) is 6.90. The largest absolute Gasteiger partial charge is 0 e. The fourth-order valence-corrected chi connectivity index (χ4v) is 5.75. The van der Waals surface area contributed by atoms with E-state index in [1.54, 1.807) is 16.5 Å². The first-order valence-corrected chi connectivity index (χ1v) is 10.6. The van der Waals surface area contributed by atoms with Crippen molar-refractivity contribution in [1.29, 1.82) is 0 Å². The topological polar surface area (TPSA) is 0 Å². The fourth-order valence-electron chi connectivity index (χ4n) is 1.74. The molecule has 0 bridgehead atoms. The second kappa shape index (κ2) is 16.7. The molecule has 0 amide bonds. The Morgan fingerprint density at radius 1 is 0.643 bits per heavy atom. The van der Waals surface area contributed by atoms with Crippen molar-refractivity contribution in [2.24, 2.45) is 0 Å². The molecule has 0 spiro atoms. The predicted molar refractivity (Wildman–Crippen MR) is 57.9 cm³/mol. The van der Waals surface area contributed by atoms with Crippen molar-refractivity contribution in [1.82, 2.24) is 0 Å². The molecule has 0 aromatic rings. The summed E-state index contributed by atoms with van der Waals surface area (Å²) in [4.78, 5) is 0. The van der Waals surface area contributed by atoms with Gasteiger partial charge in [-0.15, -0.1) is 0 Å². The van der Waals surface area contributed by atoms with Crippen LogP contribution in [0.1, 0.15) is 65.2 Å². The number of hydrogen-bond donors (Lipinski definition) is 0. The van der Waals surface area contributed by atoms with Gasteiger partial charge >= 0.3 is 92.4 Å². The van der Waals surface area contributed by atoms with E-state index in [4.69, 9.17) is 0 Å². The van der Waals surface area contributed by atoms with Crippen molar-refractivity contribution in [3.63, 3.8) is 0 Å². The molecule has 0 heterocycles.